The molecule has 2 amide bonds. The molecule has 10 nitrogen and oxygen atoms in total. The molecule has 0 aliphatic carbocycles. The lowest BCUT2D eigenvalue weighted by Crippen LogP contribution is -2.56. The number of ether oxygens (including phenoxy) is 2. The van der Waals surface area contributed by atoms with Gasteiger partial charge in [0.05, 0.1) is 12.3 Å². The van der Waals surface area contributed by atoms with E-state index in [-0.39, 0.29) is 17.9 Å². The number of fused-ring (bicyclic) bond motifs is 1. The summed E-state index contributed by atoms with van der Waals surface area (Å²) in [6.45, 7) is 13.5. The molecule has 3 aromatic rings. The van der Waals surface area contributed by atoms with Gasteiger partial charge in [0.25, 0.3) is 0 Å². The molecule has 10 heteroatoms. The Morgan fingerprint density at radius 2 is 1.39 bits per heavy atom. The highest BCUT2D eigenvalue weighted by molar-refractivity contribution is 5.94. The summed E-state index contributed by atoms with van der Waals surface area (Å²) in [4.78, 5) is 44.5. The third kappa shape index (κ3) is 7.73. The van der Waals surface area contributed by atoms with E-state index < -0.39 is 40.8 Å². The van der Waals surface area contributed by atoms with E-state index in [1.807, 2.05) is 13.8 Å². The van der Waals surface area contributed by atoms with Gasteiger partial charge in [0.1, 0.15) is 11.2 Å². The van der Waals surface area contributed by atoms with Crippen LogP contribution in [-0.2, 0) is 19.7 Å². The number of hydrogen-bond acceptors (Lipinski definition) is 8. The van der Waals surface area contributed by atoms with Crippen LogP contribution in [0.2, 0.25) is 0 Å². The van der Waals surface area contributed by atoms with Crippen molar-refractivity contribution in [2.75, 3.05) is 11.6 Å². The van der Waals surface area contributed by atoms with Crippen molar-refractivity contribution < 1.29 is 34.1 Å². The van der Waals surface area contributed by atoms with E-state index in [0.29, 0.717) is 10.4 Å². The van der Waals surface area contributed by atoms with Gasteiger partial charge in [-0.1, -0.05) is 44.2 Å². The Kier molecular flexibility index (Phi) is 8.98. The molecule has 0 fully saturated rings. The quantitative estimate of drug-likeness (QED) is 0.320. The summed E-state index contributed by atoms with van der Waals surface area (Å²) in [6, 6.07) is 11.8. The molecular weight excluding hydrogens is 526 g/mol. The lowest BCUT2D eigenvalue weighted by Gasteiger charge is -2.39. The normalized spacial score (nSPS) is 12.9. The second-order valence-electron chi connectivity index (χ2n) is 12.4. The van der Waals surface area contributed by atoms with E-state index in [0.717, 1.165) is 16.0 Å². The summed E-state index contributed by atoms with van der Waals surface area (Å²) in [6.07, 6.45) is 1.03. The van der Waals surface area contributed by atoms with E-state index >= 15 is 0 Å². The van der Waals surface area contributed by atoms with E-state index in [4.69, 9.17) is 9.47 Å². The number of aromatic nitrogens is 1. The molecule has 3 rings (SSSR count). The number of aliphatic hydroxyl groups is 1. The fraction of sp³-hybridized carbons (Fsp3) is 0.419. The third-order valence-corrected chi connectivity index (χ3v) is 6.12. The summed E-state index contributed by atoms with van der Waals surface area (Å²) in [5, 5.41) is 23.6. The second-order valence-corrected chi connectivity index (χ2v) is 12.4. The molecule has 0 aliphatic rings. The minimum Gasteiger partial charge on any atom is -0.479 e. The van der Waals surface area contributed by atoms with E-state index in [1.54, 1.807) is 102 Å². The van der Waals surface area contributed by atoms with E-state index in [9.17, 15) is 24.6 Å². The highest BCUT2D eigenvalue weighted by Gasteiger charge is 2.42. The van der Waals surface area contributed by atoms with Crippen LogP contribution in [0.1, 0.15) is 72.6 Å². The van der Waals surface area contributed by atoms with E-state index in [1.165, 1.54) is 0 Å². The Bertz CT molecular complexity index is 1380. The number of nitrogens with zero attached hydrogens (tertiary/aromatic N) is 3. The summed E-state index contributed by atoms with van der Waals surface area (Å²) in [7, 11) is 0. The number of hydrogen-bond donors (Lipinski definition) is 2. The molecule has 0 aliphatic heterocycles. The number of imide groups is 1. The van der Waals surface area contributed by atoms with Gasteiger partial charge in [0.15, 0.2) is 6.04 Å². The summed E-state index contributed by atoms with van der Waals surface area (Å²) in [5.74, 6) is -1.33. The fourth-order valence-electron chi connectivity index (χ4n) is 4.05. The number of aliphatic hydroxyl groups excluding tert-OH is 1. The lowest BCUT2D eigenvalue weighted by molar-refractivity contribution is -0.139. The van der Waals surface area contributed by atoms with Crippen LogP contribution in [0.15, 0.2) is 60.9 Å². The number of carboxylic acids is 1. The van der Waals surface area contributed by atoms with Gasteiger partial charge in [0.2, 0.25) is 0 Å². The Balaban J connectivity index is 2.30. The maximum Gasteiger partial charge on any atom is 0.439 e. The first-order valence-corrected chi connectivity index (χ1v) is 13.3. The first-order valence-electron chi connectivity index (χ1n) is 13.3. The van der Waals surface area contributed by atoms with Crippen molar-refractivity contribution in [2.45, 2.75) is 78.0 Å². The zero-order valence-corrected chi connectivity index (χ0v) is 24.8. The van der Waals surface area contributed by atoms with Gasteiger partial charge in [0, 0.05) is 23.2 Å². The van der Waals surface area contributed by atoms with E-state index in [2.05, 4.69) is 4.98 Å². The zero-order valence-electron chi connectivity index (χ0n) is 24.8. The Hall–Kier alpha value is -4.18. The molecule has 41 heavy (non-hydrogen) atoms. The standard InChI is InChI=1S/C31H39N3O7/c1-29(2,3)40-27(38)34(28(39)41-30(4,5)6)33(24-14-11-22-18-32-16-15-21(22)17-24)25(26(36)37)20-9-12-23(13-10-20)31(7,8)19-35/h9-18,25,35H,19H2,1-8H3,(H,36,37). The van der Waals surface area contributed by atoms with Gasteiger partial charge in [-0.25, -0.2) is 14.4 Å². The number of carbonyl (C=O) groups excluding carboxylic acids is 2. The summed E-state index contributed by atoms with van der Waals surface area (Å²) < 4.78 is 11.2. The predicted molar refractivity (Wildman–Crippen MR) is 155 cm³/mol. The van der Waals surface area contributed by atoms with Gasteiger partial charge in [-0.2, -0.15) is 0 Å². The number of aliphatic carboxylic acids is 1. The van der Waals surface area contributed by atoms with Crippen molar-refractivity contribution in [2.24, 2.45) is 0 Å². The van der Waals surface area contributed by atoms with Gasteiger partial charge >= 0.3 is 18.2 Å². The first kappa shape index (κ1) is 31.3. The van der Waals surface area contributed by atoms with Crippen molar-refractivity contribution in [1.29, 1.82) is 0 Å². The smallest absolute Gasteiger partial charge is 0.439 e. The highest BCUT2D eigenvalue weighted by atomic mass is 16.6. The van der Waals surface area contributed by atoms with Crippen molar-refractivity contribution in [3.05, 3.63) is 72.1 Å². The van der Waals surface area contributed by atoms with Crippen LogP contribution in [0.25, 0.3) is 10.8 Å². The molecule has 1 heterocycles. The van der Waals surface area contributed by atoms with Gasteiger partial charge in [-0.15, -0.1) is 5.01 Å². The molecule has 1 aromatic heterocycles. The number of pyridine rings is 1. The second kappa shape index (κ2) is 11.7. The average Bonchev–Trinajstić information content (AvgIpc) is 2.86. The summed E-state index contributed by atoms with van der Waals surface area (Å²) in [5.41, 5.74) is -1.28. The molecule has 0 spiro atoms. The number of hydrazine groups is 1. The third-order valence-electron chi connectivity index (χ3n) is 6.12. The number of rotatable bonds is 7. The van der Waals surface area contributed by atoms with Crippen LogP contribution in [0.4, 0.5) is 15.3 Å². The molecule has 0 saturated heterocycles. The maximum atomic E-state index is 13.7. The molecule has 2 N–H and O–H groups in total. The molecule has 1 unspecified atom stereocenters. The van der Waals surface area contributed by atoms with Crippen molar-refractivity contribution in [3.63, 3.8) is 0 Å². The lowest BCUT2D eigenvalue weighted by atomic mass is 9.85. The van der Waals surface area contributed by atoms with Gasteiger partial charge in [-0.3, -0.25) is 9.99 Å². The SMILES string of the molecule is CC(C)(C)OC(=O)N(C(=O)OC(C)(C)C)N(c1ccc2cnccc2c1)C(C(=O)O)c1ccc(C(C)(C)CO)cc1. The Labute approximate surface area is 240 Å². The molecule has 220 valence electrons. The van der Waals surface area contributed by atoms with Crippen LogP contribution < -0.4 is 5.01 Å². The van der Waals surface area contributed by atoms with Crippen LogP contribution >= 0.6 is 0 Å². The monoisotopic (exact) mass is 565 g/mol. The van der Waals surface area contributed by atoms with Crippen LogP contribution in [0.3, 0.4) is 0 Å². The molecule has 0 saturated carbocycles. The van der Waals surface area contributed by atoms with Crippen LogP contribution in [-0.4, -0.2) is 56.2 Å². The Morgan fingerprint density at radius 1 is 0.829 bits per heavy atom. The molecule has 1 atom stereocenters. The molecule has 0 radical (unpaired) electrons. The maximum absolute atomic E-state index is 13.7. The van der Waals surface area contributed by atoms with Crippen molar-refractivity contribution >= 4 is 34.6 Å². The summed E-state index contributed by atoms with van der Waals surface area (Å²) >= 11 is 0. The number of carbonyl (C=O) groups is 3. The molecule has 0 bridgehead atoms. The van der Waals surface area contributed by atoms with Crippen molar-refractivity contribution in [1.82, 2.24) is 9.99 Å². The number of amides is 2. The zero-order chi connectivity index (χ0) is 30.8. The fourth-order valence-corrected chi connectivity index (χ4v) is 4.05. The van der Waals surface area contributed by atoms with Gasteiger partial charge < -0.3 is 19.7 Å². The number of anilines is 1. The Morgan fingerprint density at radius 3 is 1.88 bits per heavy atom. The van der Waals surface area contributed by atoms with Crippen molar-refractivity contribution in [3.8, 4) is 0 Å². The predicted octanol–water partition coefficient (Wildman–Crippen LogP) is 6.22. The minimum absolute atomic E-state index is 0.113. The van der Waals surface area contributed by atoms with Gasteiger partial charge in [-0.05, 0) is 76.3 Å². The number of benzene rings is 2. The largest absolute Gasteiger partial charge is 0.479 e. The topological polar surface area (TPSA) is 130 Å². The van der Waals surface area contributed by atoms with Crippen LogP contribution in [0, 0.1) is 0 Å². The average molecular weight is 566 g/mol. The minimum atomic E-state index is -1.55. The van der Waals surface area contributed by atoms with Crippen LogP contribution in [0.5, 0.6) is 0 Å². The molecular formula is C31H39N3O7. The number of carboxylic acid groups (broad SMARTS) is 1. The highest BCUT2D eigenvalue weighted by Crippen LogP contribution is 2.34. The molecule has 2 aromatic carbocycles. The first-order chi connectivity index (χ1) is 18.9.